The van der Waals surface area contributed by atoms with Crippen LogP contribution in [0.5, 0.6) is 0 Å². The van der Waals surface area contributed by atoms with E-state index in [0.717, 1.165) is 18.4 Å². The van der Waals surface area contributed by atoms with Crippen LogP contribution in [0.3, 0.4) is 0 Å². The Labute approximate surface area is 122 Å². The van der Waals surface area contributed by atoms with E-state index in [9.17, 15) is 10.2 Å². The Balaban J connectivity index is 2.23. The minimum Gasteiger partial charge on any atom is -0.394 e. The molecule has 0 aromatic heterocycles. The fraction of sp³-hybridized carbons (Fsp3) is 0.647. The van der Waals surface area contributed by atoms with Gasteiger partial charge < -0.3 is 14.9 Å². The van der Waals surface area contributed by atoms with Crippen molar-refractivity contribution in [3.05, 3.63) is 35.9 Å². The van der Waals surface area contributed by atoms with Gasteiger partial charge in [-0.25, -0.2) is 0 Å². The minimum atomic E-state index is -0.578. The molecule has 0 amide bonds. The molecule has 0 spiro atoms. The van der Waals surface area contributed by atoms with Gasteiger partial charge in [-0.15, -0.1) is 0 Å². The highest BCUT2D eigenvalue weighted by Crippen LogP contribution is 2.13. The van der Waals surface area contributed by atoms with E-state index in [1.807, 2.05) is 30.3 Å². The predicted molar refractivity (Wildman–Crippen MR) is 81.5 cm³/mol. The zero-order chi connectivity index (χ0) is 14.6. The summed E-state index contributed by atoms with van der Waals surface area (Å²) in [6, 6.07) is 9.82. The number of aliphatic hydroxyl groups is 2. The molecule has 20 heavy (non-hydrogen) atoms. The lowest BCUT2D eigenvalue weighted by molar-refractivity contribution is -0.0736. The lowest BCUT2D eigenvalue weighted by atomic mass is 10.0. The average molecular weight is 280 g/mol. The standard InChI is InChI=1S/C17H28O3/c1-2-3-4-5-9-12-16(19)17(13-18)20-14-15-10-7-6-8-11-15/h6-8,10-11,16-19H,2-5,9,12-14H2,1H3/t16-,17-/m1/s1. The van der Waals surface area contributed by atoms with Crippen molar-refractivity contribution in [2.45, 2.75) is 64.3 Å². The normalized spacial score (nSPS) is 14.2. The molecule has 1 rings (SSSR count). The molecule has 0 heterocycles. The fourth-order valence-corrected chi connectivity index (χ4v) is 2.21. The first-order valence-electron chi connectivity index (χ1n) is 7.72. The molecule has 0 radical (unpaired) electrons. The van der Waals surface area contributed by atoms with Crippen molar-refractivity contribution in [2.75, 3.05) is 6.61 Å². The van der Waals surface area contributed by atoms with Crippen LogP contribution in [0.4, 0.5) is 0 Å². The Morgan fingerprint density at radius 3 is 2.40 bits per heavy atom. The number of hydrogen-bond acceptors (Lipinski definition) is 3. The van der Waals surface area contributed by atoms with Crippen LogP contribution < -0.4 is 0 Å². The SMILES string of the molecule is CCCCCCC[C@@H](O)[C@@H](CO)OCc1ccccc1. The first kappa shape index (κ1) is 17.2. The zero-order valence-corrected chi connectivity index (χ0v) is 12.5. The van der Waals surface area contributed by atoms with Crippen molar-refractivity contribution in [2.24, 2.45) is 0 Å². The molecule has 3 heteroatoms. The quantitative estimate of drug-likeness (QED) is 0.612. The highest BCUT2D eigenvalue weighted by Gasteiger charge is 2.18. The fourth-order valence-electron chi connectivity index (χ4n) is 2.21. The molecule has 0 bridgehead atoms. The van der Waals surface area contributed by atoms with Gasteiger partial charge in [0, 0.05) is 0 Å². The lowest BCUT2D eigenvalue weighted by Crippen LogP contribution is -2.32. The van der Waals surface area contributed by atoms with E-state index in [4.69, 9.17) is 4.74 Å². The van der Waals surface area contributed by atoms with Gasteiger partial charge in [0.1, 0.15) is 6.10 Å². The Hall–Kier alpha value is -0.900. The van der Waals surface area contributed by atoms with E-state index >= 15 is 0 Å². The molecule has 2 atom stereocenters. The maximum Gasteiger partial charge on any atom is 0.107 e. The largest absolute Gasteiger partial charge is 0.394 e. The summed E-state index contributed by atoms with van der Waals surface area (Å²) < 4.78 is 5.62. The van der Waals surface area contributed by atoms with Crippen LogP contribution in [0.15, 0.2) is 30.3 Å². The number of benzene rings is 1. The summed E-state index contributed by atoms with van der Waals surface area (Å²) in [6.07, 6.45) is 5.47. The summed E-state index contributed by atoms with van der Waals surface area (Å²) >= 11 is 0. The van der Waals surface area contributed by atoms with Crippen molar-refractivity contribution < 1.29 is 14.9 Å². The van der Waals surface area contributed by atoms with E-state index in [1.165, 1.54) is 19.3 Å². The van der Waals surface area contributed by atoms with E-state index in [1.54, 1.807) is 0 Å². The van der Waals surface area contributed by atoms with E-state index < -0.39 is 12.2 Å². The Morgan fingerprint density at radius 2 is 1.75 bits per heavy atom. The van der Waals surface area contributed by atoms with Crippen LogP contribution in [-0.4, -0.2) is 29.0 Å². The highest BCUT2D eigenvalue weighted by atomic mass is 16.5. The van der Waals surface area contributed by atoms with Crippen LogP contribution in [0, 0.1) is 0 Å². The monoisotopic (exact) mass is 280 g/mol. The van der Waals surface area contributed by atoms with Gasteiger partial charge in [0.25, 0.3) is 0 Å². The number of aliphatic hydroxyl groups excluding tert-OH is 2. The number of ether oxygens (including phenoxy) is 1. The maximum atomic E-state index is 10.1. The molecule has 114 valence electrons. The molecule has 1 aromatic carbocycles. The minimum absolute atomic E-state index is 0.136. The smallest absolute Gasteiger partial charge is 0.107 e. The third-order valence-electron chi connectivity index (χ3n) is 3.52. The summed E-state index contributed by atoms with van der Waals surface area (Å²) in [4.78, 5) is 0. The van der Waals surface area contributed by atoms with Crippen LogP contribution in [0.25, 0.3) is 0 Å². The maximum absolute atomic E-state index is 10.1. The zero-order valence-electron chi connectivity index (χ0n) is 12.5. The summed E-state index contributed by atoms with van der Waals surface area (Å²) in [6.45, 7) is 2.48. The average Bonchev–Trinajstić information content (AvgIpc) is 2.48. The second-order valence-electron chi connectivity index (χ2n) is 5.29. The van der Waals surface area contributed by atoms with Crippen molar-refractivity contribution >= 4 is 0 Å². The van der Waals surface area contributed by atoms with Crippen LogP contribution in [0.1, 0.15) is 51.0 Å². The molecular weight excluding hydrogens is 252 g/mol. The molecule has 3 nitrogen and oxygen atoms in total. The molecule has 0 unspecified atom stereocenters. The van der Waals surface area contributed by atoms with Gasteiger partial charge in [-0.05, 0) is 12.0 Å². The van der Waals surface area contributed by atoms with Gasteiger partial charge in [-0.3, -0.25) is 0 Å². The van der Waals surface area contributed by atoms with Crippen molar-refractivity contribution in [1.29, 1.82) is 0 Å². The second kappa shape index (κ2) is 10.8. The summed E-state index contributed by atoms with van der Waals surface area (Å²) in [5, 5.41) is 19.4. The van der Waals surface area contributed by atoms with Gasteiger partial charge in [-0.2, -0.15) is 0 Å². The highest BCUT2D eigenvalue weighted by molar-refractivity contribution is 5.13. The lowest BCUT2D eigenvalue weighted by Gasteiger charge is -2.21. The van der Waals surface area contributed by atoms with Gasteiger partial charge in [0.05, 0.1) is 19.3 Å². The molecule has 2 N–H and O–H groups in total. The number of hydrogen-bond donors (Lipinski definition) is 2. The van der Waals surface area contributed by atoms with Crippen molar-refractivity contribution in [3.63, 3.8) is 0 Å². The van der Waals surface area contributed by atoms with Gasteiger partial charge in [0.2, 0.25) is 0 Å². The summed E-state index contributed by atoms with van der Waals surface area (Å²) in [5.41, 5.74) is 1.06. The third kappa shape index (κ3) is 7.04. The van der Waals surface area contributed by atoms with Crippen molar-refractivity contribution in [3.8, 4) is 0 Å². The molecule has 0 aliphatic carbocycles. The molecule has 0 saturated carbocycles. The molecule has 0 saturated heterocycles. The van der Waals surface area contributed by atoms with Crippen LogP contribution in [-0.2, 0) is 11.3 Å². The second-order valence-corrected chi connectivity index (χ2v) is 5.29. The summed E-state index contributed by atoms with van der Waals surface area (Å²) in [7, 11) is 0. The van der Waals surface area contributed by atoms with Gasteiger partial charge in [-0.1, -0.05) is 69.4 Å². The summed E-state index contributed by atoms with van der Waals surface area (Å²) in [5.74, 6) is 0. The predicted octanol–water partition coefficient (Wildman–Crippen LogP) is 3.29. The molecular formula is C17H28O3. The third-order valence-corrected chi connectivity index (χ3v) is 3.52. The van der Waals surface area contributed by atoms with E-state index in [-0.39, 0.29) is 6.61 Å². The molecule has 0 aliphatic heterocycles. The Bertz CT molecular complexity index is 326. The Kier molecular flexibility index (Phi) is 9.29. The van der Waals surface area contributed by atoms with Crippen LogP contribution in [0.2, 0.25) is 0 Å². The number of unbranched alkanes of at least 4 members (excludes halogenated alkanes) is 4. The van der Waals surface area contributed by atoms with E-state index in [2.05, 4.69) is 6.92 Å². The first-order valence-corrected chi connectivity index (χ1v) is 7.72. The Morgan fingerprint density at radius 1 is 1.05 bits per heavy atom. The van der Waals surface area contributed by atoms with Gasteiger partial charge in [0.15, 0.2) is 0 Å². The van der Waals surface area contributed by atoms with E-state index in [0.29, 0.717) is 13.0 Å². The first-order chi connectivity index (χ1) is 9.77. The molecule has 0 fully saturated rings. The topological polar surface area (TPSA) is 49.7 Å². The van der Waals surface area contributed by atoms with Crippen LogP contribution >= 0.6 is 0 Å². The van der Waals surface area contributed by atoms with Crippen molar-refractivity contribution in [1.82, 2.24) is 0 Å². The van der Waals surface area contributed by atoms with Gasteiger partial charge >= 0.3 is 0 Å². The molecule has 0 aliphatic rings. The molecule has 1 aromatic rings. The number of rotatable bonds is 11.